The first kappa shape index (κ1) is 13.2. The highest BCUT2D eigenvalue weighted by Gasteiger charge is 2.27. The fraction of sp³-hybridized carbons (Fsp3) is 0.286. The summed E-state index contributed by atoms with van der Waals surface area (Å²) in [5.41, 5.74) is 2.91. The third-order valence-electron chi connectivity index (χ3n) is 3.38. The Kier molecular flexibility index (Phi) is 3.50. The van der Waals surface area contributed by atoms with Crippen molar-refractivity contribution in [1.29, 1.82) is 0 Å². The van der Waals surface area contributed by atoms with Gasteiger partial charge in [-0.25, -0.2) is 18.4 Å². The van der Waals surface area contributed by atoms with E-state index >= 15 is 0 Å². The summed E-state index contributed by atoms with van der Waals surface area (Å²) >= 11 is 0. The van der Waals surface area contributed by atoms with E-state index in [9.17, 15) is 8.42 Å². The van der Waals surface area contributed by atoms with Gasteiger partial charge >= 0.3 is 0 Å². The zero-order valence-electron chi connectivity index (χ0n) is 10.9. The average molecular weight is 289 g/mol. The van der Waals surface area contributed by atoms with Crippen LogP contribution in [0.4, 0.5) is 0 Å². The molecule has 0 bridgehead atoms. The molecule has 20 heavy (non-hydrogen) atoms. The van der Waals surface area contributed by atoms with Crippen molar-refractivity contribution in [2.24, 2.45) is 0 Å². The number of hydrogen-bond donors (Lipinski definition) is 0. The molecule has 0 amide bonds. The van der Waals surface area contributed by atoms with Gasteiger partial charge in [0.1, 0.15) is 6.33 Å². The second-order valence-corrected chi connectivity index (χ2v) is 6.92. The van der Waals surface area contributed by atoms with E-state index in [1.54, 1.807) is 16.7 Å². The third-order valence-corrected chi connectivity index (χ3v) is 5.29. The molecule has 5 nitrogen and oxygen atoms in total. The van der Waals surface area contributed by atoms with Crippen LogP contribution < -0.4 is 0 Å². The number of sulfonamides is 1. The molecule has 104 valence electrons. The van der Waals surface area contributed by atoms with Crippen LogP contribution in [0.5, 0.6) is 0 Å². The summed E-state index contributed by atoms with van der Waals surface area (Å²) in [5, 5.41) is 0. The molecule has 1 aromatic heterocycles. The lowest BCUT2D eigenvalue weighted by atomic mass is 10.1. The molecule has 0 saturated carbocycles. The van der Waals surface area contributed by atoms with Crippen molar-refractivity contribution in [1.82, 2.24) is 14.3 Å². The molecule has 6 heteroatoms. The fourth-order valence-corrected chi connectivity index (χ4v) is 3.88. The minimum absolute atomic E-state index is 0.263. The Morgan fingerprint density at radius 3 is 2.65 bits per heavy atom. The first-order valence-corrected chi connectivity index (χ1v) is 8.08. The lowest BCUT2D eigenvalue weighted by Gasteiger charge is -2.14. The number of rotatable bonds is 3. The van der Waals surface area contributed by atoms with Gasteiger partial charge in [0, 0.05) is 31.0 Å². The molecular formula is C14H15N3O2S. The lowest BCUT2D eigenvalue weighted by molar-refractivity contribution is 0.440. The molecule has 1 aromatic carbocycles. The molecule has 1 aliphatic heterocycles. The molecule has 0 spiro atoms. The molecule has 0 radical (unpaired) electrons. The summed E-state index contributed by atoms with van der Waals surface area (Å²) in [6.45, 7) is 1.05. The first-order valence-electron chi connectivity index (χ1n) is 6.47. The Labute approximate surface area is 118 Å². The molecule has 0 atom stereocenters. The van der Waals surface area contributed by atoms with Gasteiger partial charge in [-0.2, -0.15) is 4.31 Å². The predicted octanol–water partition coefficient (Wildman–Crippen LogP) is 1.68. The topological polar surface area (TPSA) is 63.2 Å². The van der Waals surface area contributed by atoms with Gasteiger partial charge in [0.05, 0.1) is 5.75 Å². The van der Waals surface area contributed by atoms with E-state index in [1.165, 1.54) is 6.33 Å². The predicted molar refractivity (Wildman–Crippen MR) is 76.3 cm³/mol. The maximum atomic E-state index is 11.8. The molecule has 1 saturated heterocycles. The van der Waals surface area contributed by atoms with Crippen molar-refractivity contribution in [3.8, 4) is 11.1 Å². The van der Waals surface area contributed by atoms with Gasteiger partial charge in [-0.15, -0.1) is 0 Å². The average Bonchev–Trinajstić information content (AvgIpc) is 2.79. The Bertz CT molecular complexity index is 701. The Hall–Kier alpha value is -1.79. The van der Waals surface area contributed by atoms with Gasteiger partial charge in [0.15, 0.2) is 0 Å². The van der Waals surface area contributed by atoms with E-state index in [1.807, 2.05) is 24.3 Å². The largest absolute Gasteiger partial charge is 0.244 e. The molecule has 0 unspecified atom stereocenters. The van der Waals surface area contributed by atoms with Gasteiger partial charge in [-0.05, 0) is 23.6 Å². The van der Waals surface area contributed by atoms with E-state index in [0.717, 1.165) is 16.7 Å². The van der Waals surface area contributed by atoms with Crippen LogP contribution in [-0.2, 0) is 16.6 Å². The van der Waals surface area contributed by atoms with Crippen molar-refractivity contribution in [3.63, 3.8) is 0 Å². The number of nitrogens with zero attached hydrogens (tertiary/aromatic N) is 3. The summed E-state index contributed by atoms with van der Waals surface area (Å²) < 4.78 is 25.2. The van der Waals surface area contributed by atoms with E-state index in [4.69, 9.17) is 0 Å². The molecule has 3 rings (SSSR count). The second-order valence-electron chi connectivity index (χ2n) is 4.83. The smallest absolute Gasteiger partial charge is 0.214 e. The van der Waals surface area contributed by atoms with Crippen molar-refractivity contribution < 1.29 is 8.42 Å². The Balaban J connectivity index is 1.85. The van der Waals surface area contributed by atoms with Gasteiger partial charge in [0.25, 0.3) is 0 Å². The van der Waals surface area contributed by atoms with Crippen molar-refractivity contribution in [3.05, 3.63) is 48.5 Å². The van der Waals surface area contributed by atoms with Crippen molar-refractivity contribution in [2.75, 3.05) is 12.3 Å². The lowest BCUT2D eigenvalue weighted by Crippen LogP contribution is -2.25. The normalized spacial score (nSPS) is 18.2. The van der Waals surface area contributed by atoms with E-state index in [2.05, 4.69) is 9.97 Å². The quantitative estimate of drug-likeness (QED) is 0.862. The van der Waals surface area contributed by atoms with Gasteiger partial charge in [0.2, 0.25) is 10.0 Å². The minimum Gasteiger partial charge on any atom is -0.244 e. The molecule has 1 aliphatic rings. The highest BCUT2D eigenvalue weighted by atomic mass is 32.2. The summed E-state index contributed by atoms with van der Waals surface area (Å²) in [6, 6.07) is 7.84. The molecular weight excluding hydrogens is 274 g/mol. The van der Waals surface area contributed by atoms with E-state index < -0.39 is 10.0 Å². The van der Waals surface area contributed by atoms with Gasteiger partial charge < -0.3 is 0 Å². The highest BCUT2D eigenvalue weighted by Crippen LogP contribution is 2.22. The van der Waals surface area contributed by atoms with E-state index in [0.29, 0.717) is 19.5 Å². The minimum atomic E-state index is -3.05. The summed E-state index contributed by atoms with van der Waals surface area (Å²) in [6.07, 6.45) is 5.70. The summed E-state index contributed by atoms with van der Waals surface area (Å²) in [7, 11) is -3.05. The molecule has 1 fully saturated rings. The van der Waals surface area contributed by atoms with Crippen LogP contribution in [0, 0.1) is 0 Å². The monoisotopic (exact) mass is 289 g/mol. The van der Waals surface area contributed by atoms with Crippen LogP contribution in [0.15, 0.2) is 43.0 Å². The zero-order chi connectivity index (χ0) is 14.0. The van der Waals surface area contributed by atoms with Gasteiger partial charge in [-0.3, -0.25) is 0 Å². The van der Waals surface area contributed by atoms with Crippen LogP contribution in [0.25, 0.3) is 11.1 Å². The van der Waals surface area contributed by atoms with Crippen molar-refractivity contribution >= 4 is 10.0 Å². The molecule has 0 N–H and O–H groups in total. The van der Waals surface area contributed by atoms with Gasteiger partial charge in [-0.1, -0.05) is 18.2 Å². The Morgan fingerprint density at radius 1 is 1.15 bits per heavy atom. The van der Waals surface area contributed by atoms with Crippen LogP contribution >= 0.6 is 0 Å². The highest BCUT2D eigenvalue weighted by molar-refractivity contribution is 7.89. The number of hydrogen-bond acceptors (Lipinski definition) is 4. The van der Waals surface area contributed by atoms with Crippen LogP contribution in [-0.4, -0.2) is 35.0 Å². The maximum Gasteiger partial charge on any atom is 0.214 e. The van der Waals surface area contributed by atoms with Crippen LogP contribution in [0.1, 0.15) is 12.0 Å². The molecule has 2 aromatic rings. The summed E-state index contributed by atoms with van der Waals surface area (Å²) in [5.74, 6) is 0.263. The Morgan fingerprint density at radius 2 is 1.95 bits per heavy atom. The van der Waals surface area contributed by atoms with Crippen LogP contribution in [0.2, 0.25) is 0 Å². The number of aromatic nitrogens is 2. The SMILES string of the molecule is O=S1(=O)CCCN1Cc1cccc(-c2cncnc2)c1. The van der Waals surface area contributed by atoms with Crippen LogP contribution in [0.3, 0.4) is 0 Å². The van der Waals surface area contributed by atoms with E-state index in [-0.39, 0.29) is 5.75 Å². The third kappa shape index (κ3) is 2.71. The second kappa shape index (κ2) is 5.30. The number of benzene rings is 1. The fourth-order valence-electron chi connectivity index (χ4n) is 2.37. The molecule has 2 heterocycles. The molecule has 0 aliphatic carbocycles. The first-order chi connectivity index (χ1) is 9.65. The summed E-state index contributed by atoms with van der Waals surface area (Å²) in [4.78, 5) is 8.00. The van der Waals surface area contributed by atoms with Crippen molar-refractivity contribution in [2.45, 2.75) is 13.0 Å². The standard InChI is InChI=1S/C14H15N3O2S/c18-20(19)6-2-5-17(20)10-12-3-1-4-13(7-12)14-8-15-11-16-9-14/h1,3-4,7-9,11H,2,5-6,10H2. The maximum absolute atomic E-state index is 11.8. The zero-order valence-corrected chi connectivity index (χ0v) is 11.8.